The molecule has 3 rings (SSSR count). The lowest BCUT2D eigenvalue weighted by Crippen LogP contribution is -2.12. The molecule has 0 saturated carbocycles. The van der Waals surface area contributed by atoms with Crippen LogP contribution in [-0.4, -0.2) is 15.9 Å². The normalized spacial score (nSPS) is 10.5. The highest BCUT2D eigenvalue weighted by atomic mass is 32.1. The number of hydrogen-bond acceptors (Lipinski definition) is 6. The molecular formula is C15H12FN3O2S2. The van der Waals surface area contributed by atoms with Crippen molar-refractivity contribution in [2.75, 3.05) is 5.32 Å². The number of thiazole rings is 2. The molecule has 0 aliphatic heterocycles. The van der Waals surface area contributed by atoms with Gasteiger partial charge in [-0.05, 0) is 31.2 Å². The number of ether oxygens (including phenoxy) is 1. The van der Waals surface area contributed by atoms with E-state index in [0.717, 1.165) is 5.69 Å². The Kier molecular flexibility index (Phi) is 4.63. The van der Waals surface area contributed by atoms with Crippen LogP contribution in [0.4, 0.5) is 9.52 Å². The molecule has 1 amide bonds. The minimum atomic E-state index is -0.317. The quantitative estimate of drug-likeness (QED) is 0.759. The maximum atomic E-state index is 12.8. The zero-order chi connectivity index (χ0) is 16.2. The minimum Gasteiger partial charge on any atom is -0.486 e. The Bertz CT molecular complexity index is 814. The van der Waals surface area contributed by atoms with E-state index in [-0.39, 0.29) is 18.3 Å². The van der Waals surface area contributed by atoms with Crippen LogP contribution in [0, 0.1) is 12.7 Å². The summed E-state index contributed by atoms with van der Waals surface area (Å²) >= 11 is 2.69. The van der Waals surface area contributed by atoms with Gasteiger partial charge in [-0.3, -0.25) is 10.1 Å². The molecule has 1 N–H and O–H groups in total. The highest BCUT2D eigenvalue weighted by Crippen LogP contribution is 2.18. The fraction of sp³-hybridized carbons (Fsp3) is 0.133. The van der Waals surface area contributed by atoms with Gasteiger partial charge in [-0.15, -0.1) is 22.7 Å². The Morgan fingerprint density at radius 3 is 2.70 bits per heavy atom. The van der Waals surface area contributed by atoms with E-state index in [4.69, 9.17) is 4.74 Å². The van der Waals surface area contributed by atoms with E-state index in [1.54, 1.807) is 17.5 Å². The van der Waals surface area contributed by atoms with Crippen molar-refractivity contribution in [2.45, 2.75) is 13.5 Å². The summed E-state index contributed by atoms with van der Waals surface area (Å²) in [6.45, 7) is 2.08. The minimum absolute atomic E-state index is 0.222. The molecule has 2 aromatic heterocycles. The van der Waals surface area contributed by atoms with Gasteiger partial charge in [-0.1, -0.05) is 0 Å². The third-order valence-corrected chi connectivity index (χ3v) is 4.50. The number of carbonyl (C=O) groups excluding carboxylic acids is 1. The number of anilines is 1. The molecule has 23 heavy (non-hydrogen) atoms. The number of carbonyl (C=O) groups is 1. The molecule has 0 bridgehead atoms. The van der Waals surface area contributed by atoms with E-state index in [2.05, 4.69) is 15.3 Å². The van der Waals surface area contributed by atoms with Crippen LogP contribution in [0.5, 0.6) is 5.75 Å². The van der Waals surface area contributed by atoms with E-state index in [1.807, 2.05) is 12.3 Å². The predicted octanol–water partition coefficient (Wildman–Crippen LogP) is 3.88. The van der Waals surface area contributed by atoms with Crippen LogP contribution in [-0.2, 0) is 6.61 Å². The summed E-state index contributed by atoms with van der Waals surface area (Å²) in [6.07, 6.45) is 0. The summed E-state index contributed by atoms with van der Waals surface area (Å²) in [4.78, 5) is 20.5. The maximum Gasteiger partial charge on any atom is 0.276 e. The van der Waals surface area contributed by atoms with E-state index in [1.165, 1.54) is 34.8 Å². The van der Waals surface area contributed by atoms with Crippen LogP contribution in [0.3, 0.4) is 0 Å². The van der Waals surface area contributed by atoms with E-state index in [0.29, 0.717) is 21.6 Å². The second kappa shape index (κ2) is 6.84. The van der Waals surface area contributed by atoms with Crippen LogP contribution < -0.4 is 10.1 Å². The first kappa shape index (κ1) is 15.6. The summed E-state index contributed by atoms with van der Waals surface area (Å²) in [6, 6.07) is 5.74. The van der Waals surface area contributed by atoms with Gasteiger partial charge in [0.25, 0.3) is 5.91 Å². The van der Waals surface area contributed by atoms with Gasteiger partial charge in [0.15, 0.2) is 5.13 Å². The molecule has 0 radical (unpaired) electrons. The van der Waals surface area contributed by atoms with Crippen LogP contribution in [0.1, 0.15) is 21.2 Å². The zero-order valence-electron chi connectivity index (χ0n) is 12.1. The number of amides is 1. The van der Waals surface area contributed by atoms with Gasteiger partial charge >= 0.3 is 0 Å². The van der Waals surface area contributed by atoms with Gasteiger partial charge in [0.2, 0.25) is 0 Å². The molecule has 0 saturated heterocycles. The topological polar surface area (TPSA) is 64.1 Å². The van der Waals surface area contributed by atoms with E-state index >= 15 is 0 Å². The zero-order valence-corrected chi connectivity index (χ0v) is 13.7. The number of hydrogen-bond donors (Lipinski definition) is 1. The van der Waals surface area contributed by atoms with Crippen molar-refractivity contribution in [3.8, 4) is 5.75 Å². The maximum absolute atomic E-state index is 12.8. The SMILES string of the molecule is Cc1csc(NC(=O)c2csc(COc3ccc(F)cc3)n2)n1. The van der Waals surface area contributed by atoms with Crippen molar-refractivity contribution in [3.05, 3.63) is 57.2 Å². The molecular weight excluding hydrogens is 337 g/mol. The van der Waals surface area contributed by atoms with Crippen molar-refractivity contribution >= 4 is 33.7 Å². The largest absolute Gasteiger partial charge is 0.486 e. The van der Waals surface area contributed by atoms with Crippen molar-refractivity contribution in [1.29, 1.82) is 0 Å². The van der Waals surface area contributed by atoms with Crippen LogP contribution in [0.25, 0.3) is 0 Å². The lowest BCUT2D eigenvalue weighted by atomic mass is 10.3. The van der Waals surface area contributed by atoms with Crippen LogP contribution in [0.2, 0.25) is 0 Å². The second-order valence-electron chi connectivity index (χ2n) is 4.62. The Balaban J connectivity index is 1.59. The molecule has 0 aliphatic rings. The summed E-state index contributed by atoms with van der Waals surface area (Å²) in [5, 5.41) is 7.44. The first-order chi connectivity index (χ1) is 11.1. The fourth-order valence-electron chi connectivity index (χ4n) is 1.73. The molecule has 5 nitrogen and oxygen atoms in total. The van der Waals surface area contributed by atoms with Crippen molar-refractivity contribution in [3.63, 3.8) is 0 Å². The number of aromatic nitrogens is 2. The number of benzene rings is 1. The third-order valence-electron chi connectivity index (χ3n) is 2.80. The average molecular weight is 349 g/mol. The van der Waals surface area contributed by atoms with Gasteiger partial charge in [-0.25, -0.2) is 14.4 Å². The summed E-state index contributed by atoms with van der Waals surface area (Å²) in [5.41, 5.74) is 1.18. The molecule has 3 aromatic rings. The highest BCUT2D eigenvalue weighted by Gasteiger charge is 2.13. The molecule has 0 unspecified atom stereocenters. The smallest absolute Gasteiger partial charge is 0.276 e. The first-order valence-corrected chi connectivity index (χ1v) is 8.42. The van der Waals surface area contributed by atoms with Crippen LogP contribution in [0.15, 0.2) is 35.0 Å². The van der Waals surface area contributed by atoms with Gasteiger partial charge < -0.3 is 4.74 Å². The van der Waals surface area contributed by atoms with Gasteiger partial charge in [0, 0.05) is 10.8 Å². The molecule has 0 aliphatic carbocycles. The molecule has 2 heterocycles. The first-order valence-electron chi connectivity index (χ1n) is 6.66. The summed E-state index contributed by atoms with van der Waals surface area (Å²) < 4.78 is 18.3. The van der Waals surface area contributed by atoms with Crippen molar-refractivity contribution in [1.82, 2.24) is 9.97 Å². The fourth-order valence-corrected chi connectivity index (χ4v) is 3.10. The van der Waals surface area contributed by atoms with Crippen LogP contribution >= 0.6 is 22.7 Å². The number of aryl methyl sites for hydroxylation is 1. The summed E-state index contributed by atoms with van der Waals surface area (Å²) in [5.74, 6) is -0.0718. The number of halogens is 1. The monoisotopic (exact) mass is 349 g/mol. The Hall–Kier alpha value is -2.32. The Labute approximate surface area is 139 Å². The number of nitrogens with one attached hydrogen (secondary N) is 1. The van der Waals surface area contributed by atoms with E-state index < -0.39 is 0 Å². The molecule has 8 heteroatoms. The number of nitrogens with zero attached hydrogens (tertiary/aromatic N) is 2. The standard InChI is InChI=1S/C15H12FN3O2S2/c1-9-7-23-15(17-9)19-14(20)12-8-22-13(18-12)6-21-11-4-2-10(16)3-5-11/h2-5,7-8H,6H2,1H3,(H,17,19,20). The van der Waals surface area contributed by atoms with Gasteiger partial charge in [0.1, 0.15) is 28.9 Å². The summed E-state index contributed by atoms with van der Waals surface area (Å²) in [7, 11) is 0. The molecule has 1 aromatic carbocycles. The van der Waals surface area contributed by atoms with Crippen molar-refractivity contribution in [2.24, 2.45) is 0 Å². The van der Waals surface area contributed by atoms with Gasteiger partial charge in [-0.2, -0.15) is 0 Å². The molecule has 0 fully saturated rings. The Morgan fingerprint density at radius 1 is 1.22 bits per heavy atom. The third kappa shape index (κ3) is 4.11. The van der Waals surface area contributed by atoms with Crippen molar-refractivity contribution < 1.29 is 13.9 Å². The molecule has 0 spiro atoms. The highest BCUT2D eigenvalue weighted by molar-refractivity contribution is 7.14. The Morgan fingerprint density at radius 2 is 2.00 bits per heavy atom. The lowest BCUT2D eigenvalue weighted by Gasteiger charge is -2.03. The second-order valence-corrected chi connectivity index (χ2v) is 6.42. The van der Waals surface area contributed by atoms with E-state index in [9.17, 15) is 9.18 Å². The van der Waals surface area contributed by atoms with Gasteiger partial charge in [0.05, 0.1) is 5.69 Å². The molecule has 0 atom stereocenters. The molecule has 118 valence electrons. The average Bonchev–Trinajstić information content (AvgIpc) is 3.16. The number of rotatable bonds is 5. The lowest BCUT2D eigenvalue weighted by molar-refractivity contribution is 0.102. The predicted molar refractivity (Wildman–Crippen MR) is 87.7 cm³/mol.